The summed E-state index contributed by atoms with van der Waals surface area (Å²) in [7, 11) is 0. The molecule has 1 aliphatic carbocycles. The van der Waals surface area contributed by atoms with E-state index >= 15 is 0 Å². The van der Waals surface area contributed by atoms with Crippen LogP contribution in [0.4, 0.5) is 5.69 Å². The third-order valence-corrected chi connectivity index (χ3v) is 4.91. The fourth-order valence-electron chi connectivity index (χ4n) is 2.79. The summed E-state index contributed by atoms with van der Waals surface area (Å²) in [5, 5.41) is 2.81. The van der Waals surface area contributed by atoms with E-state index in [9.17, 15) is 14.4 Å². The van der Waals surface area contributed by atoms with E-state index in [2.05, 4.69) is 32.1 Å². The summed E-state index contributed by atoms with van der Waals surface area (Å²) in [6.45, 7) is 3.56. The third kappa shape index (κ3) is 5.80. The first kappa shape index (κ1) is 20.9. The van der Waals surface area contributed by atoms with E-state index in [0.29, 0.717) is 17.0 Å². The van der Waals surface area contributed by atoms with Gasteiger partial charge in [0, 0.05) is 21.6 Å². The molecule has 2 aromatic rings. The van der Waals surface area contributed by atoms with Gasteiger partial charge in [0.05, 0.1) is 0 Å². The Morgan fingerprint density at radius 1 is 1.03 bits per heavy atom. The lowest BCUT2D eigenvalue weighted by atomic mass is 10.1. The van der Waals surface area contributed by atoms with Crippen LogP contribution in [0.2, 0.25) is 0 Å². The van der Waals surface area contributed by atoms with Crippen molar-refractivity contribution in [2.24, 2.45) is 5.92 Å². The van der Waals surface area contributed by atoms with Crippen LogP contribution in [0.3, 0.4) is 0 Å². The number of halogens is 1. The van der Waals surface area contributed by atoms with Gasteiger partial charge in [-0.15, -0.1) is 0 Å². The molecule has 0 saturated heterocycles. The molecule has 152 valence electrons. The number of carbonyl (C=O) groups is 3. The van der Waals surface area contributed by atoms with Gasteiger partial charge >= 0.3 is 0 Å². The summed E-state index contributed by atoms with van der Waals surface area (Å²) < 4.78 is 6.51. The highest BCUT2D eigenvalue weighted by Gasteiger charge is 2.29. The van der Waals surface area contributed by atoms with Crippen molar-refractivity contribution >= 4 is 39.3 Å². The number of rotatable bonds is 6. The van der Waals surface area contributed by atoms with Crippen molar-refractivity contribution in [1.29, 1.82) is 0 Å². The Labute approximate surface area is 177 Å². The van der Waals surface area contributed by atoms with Crippen molar-refractivity contribution in [2.75, 3.05) is 11.9 Å². The molecule has 3 amide bonds. The molecule has 3 rings (SSSR count). The number of benzene rings is 2. The molecule has 0 heterocycles. The molecular weight excluding hydrogens is 438 g/mol. The molecule has 0 bridgehead atoms. The molecule has 1 aliphatic rings. The summed E-state index contributed by atoms with van der Waals surface area (Å²) in [5.74, 6) is -0.188. The minimum atomic E-state index is -0.478. The largest absolute Gasteiger partial charge is 0.483 e. The lowest BCUT2D eigenvalue weighted by Gasteiger charge is -2.13. The van der Waals surface area contributed by atoms with Crippen LogP contribution >= 0.6 is 15.9 Å². The van der Waals surface area contributed by atoms with Gasteiger partial charge in [-0.3, -0.25) is 25.2 Å². The van der Waals surface area contributed by atoms with Crippen molar-refractivity contribution in [1.82, 2.24) is 10.9 Å². The SMILES string of the molecule is Cc1cc(Br)cc(C)c1OCC(=O)NNC(=O)c1ccc(NC(=O)C2CC2)cc1. The Hall–Kier alpha value is -2.87. The molecule has 1 saturated carbocycles. The molecule has 0 unspecified atom stereocenters. The topological polar surface area (TPSA) is 96.5 Å². The maximum atomic E-state index is 12.2. The average molecular weight is 460 g/mol. The quantitative estimate of drug-likeness (QED) is 0.577. The number of hydrogen-bond acceptors (Lipinski definition) is 4. The van der Waals surface area contributed by atoms with Gasteiger partial charge in [-0.05, 0) is 74.2 Å². The summed E-state index contributed by atoms with van der Waals surface area (Å²) in [5.41, 5.74) is 7.48. The average Bonchev–Trinajstić information content (AvgIpc) is 3.51. The van der Waals surface area contributed by atoms with Gasteiger partial charge < -0.3 is 10.1 Å². The van der Waals surface area contributed by atoms with Crippen LogP contribution in [0.15, 0.2) is 40.9 Å². The minimum absolute atomic E-state index is 0.00529. The van der Waals surface area contributed by atoms with Crippen LogP contribution in [0.25, 0.3) is 0 Å². The fraction of sp³-hybridized carbons (Fsp3) is 0.286. The van der Waals surface area contributed by atoms with Crippen LogP contribution in [0.1, 0.15) is 34.3 Å². The van der Waals surface area contributed by atoms with E-state index in [1.165, 1.54) is 0 Å². The van der Waals surface area contributed by atoms with Crippen molar-refractivity contribution in [2.45, 2.75) is 26.7 Å². The number of hydrazine groups is 1. The first-order valence-corrected chi connectivity index (χ1v) is 10.0. The molecular formula is C21H22BrN3O4. The van der Waals surface area contributed by atoms with Gasteiger partial charge in [0.1, 0.15) is 5.75 Å². The van der Waals surface area contributed by atoms with Gasteiger partial charge in [0.15, 0.2) is 6.61 Å². The molecule has 0 atom stereocenters. The minimum Gasteiger partial charge on any atom is -0.483 e. The molecule has 0 aliphatic heterocycles. The van der Waals surface area contributed by atoms with Crippen molar-refractivity contribution in [3.8, 4) is 5.75 Å². The molecule has 8 heteroatoms. The Morgan fingerprint density at radius 2 is 1.66 bits per heavy atom. The van der Waals surface area contributed by atoms with E-state index in [-0.39, 0.29) is 18.4 Å². The second kappa shape index (κ2) is 9.09. The monoisotopic (exact) mass is 459 g/mol. The van der Waals surface area contributed by atoms with Crippen molar-refractivity contribution < 1.29 is 19.1 Å². The molecule has 2 aromatic carbocycles. The first-order valence-electron chi connectivity index (χ1n) is 9.23. The number of aryl methyl sites for hydroxylation is 2. The highest BCUT2D eigenvalue weighted by atomic mass is 79.9. The Kier molecular flexibility index (Phi) is 6.53. The van der Waals surface area contributed by atoms with Gasteiger partial charge in [-0.1, -0.05) is 15.9 Å². The van der Waals surface area contributed by atoms with Gasteiger partial charge in [-0.2, -0.15) is 0 Å². The molecule has 3 N–H and O–H groups in total. The van der Waals surface area contributed by atoms with E-state index in [4.69, 9.17) is 4.74 Å². The molecule has 0 radical (unpaired) electrons. The van der Waals surface area contributed by atoms with E-state index < -0.39 is 11.8 Å². The zero-order valence-corrected chi connectivity index (χ0v) is 17.8. The Bertz CT molecular complexity index is 916. The zero-order chi connectivity index (χ0) is 21.0. The predicted octanol–water partition coefficient (Wildman–Crippen LogP) is 3.25. The third-order valence-electron chi connectivity index (χ3n) is 4.45. The van der Waals surface area contributed by atoms with E-state index in [0.717, 1.165) is 28.4 Å². The smallest absolute Gasteiger partial charge is 0.276 e. The number of carbonyl (C=O) groups excluding carboxylic acids is 3. The van der Waals surface area contributed by atoms with Crippen molar-refractivity contribution in [3.05, 3.63) is 57.6 Å². The predicted molar refractivity (Wildman–Crippen MR) is 113 cm³/mol. The summed E-state index contributed by atoms with van der Waals surface area (Å²) in [4.78, 5) is 35.9. The highest BCUT2D eigenvalue weighted by molar-refractivity contribution is 9.10. The number of ether oxygens (including phenoxy) is 1. The second-order valence-electron chi connectivity index (χ2n) is 7.00. The lowest BCUT2D eigenvalue weighted by molar-refractivity contribution is -0.123. The van der Waals surface area contributed by atoms with Gasteiger partial charge in [0.25, 0.3) is 11.8 Å². The van der Waals surface area contributed by atoms with Gasteiger partial charge in [0.2, 0.25) is 5.91 Å². The lowest BCUT2D eigenvalue weighted by Crippen LogP contribution is -2.43. The zero-order valence-electron chi connectivity index (χ0n) is 16.2. The molecule has 29 heavy (non-hydrogen) atoms. The summed E-state index contributed by atoms with van der Waals surface area (Å²) in [6, 6.07) is 10.3. The first-order chi connectivity index (χ1) is 13.8. The molecule has 7 nitrogen and oxygen atoms in total. The van der Waals surface area contributed by atoms with E-state index in [1.807, 2.05) is 26.0 Å². The summed E-state index contributed by atoms with van der Waals surface area (Å²) >= 11 is 3.41. The van der Waals surface area contributed by atoms with Crippen molar-refractivity contribution in [3.63, 3.8) is 0 Å². The Balaban J connectivity index is 1.46. The highest BCUT2D eigenvalue weighted by Crippen LogP contribution is 2.30. The normalized spacial score (nSPS) is 12.8. The van der Waals surface area contributed by atoms with Crippen LogP contribution in [-0.2, 0) is 9.59 Å². The maximum absolute atomic E-state index is 12.2. The number of anilines is 1. The summed E-state index contributed by atoms with van der Waals surface area (Å²) in [6.07, 6.45) is 1.85. The fourth-order valence-corrected chi connectivity index (χ4v) is 3.48. The molecule has 1 fully saturated rings. The van der Waals surface area contributed by atoms with E-state index in [1.54, 1.807) is 24.3 Å². The maximum Gasteiger partial charge on any atom is 0.276 e. The van der Waals surface area contributed by atoms with Gasteiger partial charge in [-0.25, -0.2) is 0 Å². The van der Waals surface area contributed by atoms with Crippen LogP contribution in [-0.4, -0.2) is 24.3 Å². The Morgan fingerprint density at radius 3 is 2.24 bits per heavy atom. The molecule has 0 spiro atoms. The standard InChI is InChI=1S/C21H22BrN3O4/c1-12-9-16(22)10-13(2)19(12)29-11-18(26)24-25-21(28)15-5-7-17(8-6-15)23-20(27)14-3-4-14/h5-10,14H,3-4,11H2,1-2H3,(H,23,27)(H,24,26)(H,25,28). The van der Waals surface area contributed by atoms with Crippen LogP contribution < -0.4 is 20.9 Å². The van der Waals surface area contributed by atoms with Crippen LogP contribution in [0, 0.1) is 19.8 Å². The second-order valence-corrected chi connectivity index (χ2v) is 7.92. The number of hydrogen-bond donors (Lipinski definition) is 3. The molecule has 0 aromatic heterocycles. The number of nitrogens with one attached hydrogen (secondary N) is 3. The number of amides is 3. The van der Waals surface area contributed by atoms with Crippen LogP contribution in [0.5, 0.6) is 5.75 Å².